The molecular formula is C28H26N6O5. The van der Waals surface area contributed by atoms with Crippen LogP contribution in [0.4, 0.5) is 11.5 Å². The number of non-ortho nitro benzene ring substituents is 1. The first-order valence-electron chi connectivity index (χ1n) is 12.3. The standard InChI is InChI=1S/C28H26N6O5/c1-2-3-13-30-27-25(19-11-9-18(17-29)10-12-19)32-26-22(8-5-14-33(26)27)28(37)31-23(16-24(35)36)20-6-4-7-21(15-20)34(38)39/h4-12,14-15,23,30H,2-3,13,16H2,1H3,(H,31,37)(H,35,36). The van der Waals surface area contributed by atoms with Crippen LogP contribution in [-0.2, 0) is 4.79 Å². The molecule has 4 rings (SSSR count). The highest BCUT2D eigenvalue weighted by Crippen LogP contribution is 2.31. The molecule has 0 aliphatic heterocycles. The van der Waals surface area contributed by atoms with E-state index in [0.29, 0.717) is 34.8 Å². The Labute approximate surface area is 223 Å². The topological polar surface area (TPSA) is 163 Å². The Hall–Kier alpha value is -5.24. The van der Waals surface area contributed by atoms with Crippen molar-refractivity contribution in [2.45, 2.75) is 32.2 Å². The number of amides is 1. The van der Waals surface area contributed by atoms with Crippen LogP contribution in [0.25, 0.3) is 16.9 Å². The SMILES string of the molecule is CCCCNc1c(-c2ccc(C#N)cc2)nc2c(C(=O)NC(CC(=O)O)c3cccc([N+](=O)[O-])c3)cccn12. The number of hydrogen-bond donors (Lipinski definition) is 3. The highest BCUT2D eigenvalue weighted by molar-refractivity contribution is 6.01. The van der Waals surface area contributed by atoms with E-state index in [4.69, 9.17) is 10.2 Å². The molecular weight excluding hydrogens is 500 g/mol. The molecule has 3 N–H and O–H groups in total. The second-order valence-corrected chi connectivity index (χ2v) is 8.87. The van der Waals surface area contributed by atoms with Crippen molar-refractivity contribution in [2.24, 2.45) is 0 Å². The number of nitro groups is 1. The van der Waals surface area contributed by atoms with Crippen molar-refractivity contribution in [1.82, 2.24) is 14.7 Å². The summed E-state index contributed by atoms with van der Waals surface area (Å²) in [5, 5.41) is 36.0. The molecule has 0 aliphatic carbocycles. The number of benzene rings is 2. The highest BCUT2D eigenvalue weighted by atomic mass is 16.6. The number of nitriles is 1. The number of carbonyl (C=O) groups excluding carboxylic acids is 1. The van der Waals surface area contributed by atoms with Gasteiger partial charge in [0.1, 0.15) is 11.5 Å². The fourth-order valence-electron chi connectivity index (χ4n) is 4.22. The molecule has 1 amide bonds. The van der Waals surface area contributed by atoms with Crippen LogP contribution >= 0.6 is 0 Å². The molecule has 2 aromatic heterocycles. The van der Waals surface area contributed by atoms with Crippen LogP contribution in [0.3, 0.4) is 0 Å². The van der Waals surface area contributed by atoms with E-state index in [0.717, 1.165) is 18.4 Å². The number of anilines is 1. The van der Waals surface area contributed by atoms with Crippen molar-refractivity contribution in [3.05, 3.63) is 93.7 Å². The fourth-order valence-corrected chi connectivity index (χ4v) is 4.22. The number of unbranched alkanes of at least 4 members (excludes halogenated alkanes) is 1. The first kappa shape index (κ1) is 26.8. The molecule has 0 saturated heterocycles. The van der Waals surface area contributed by atoms with E-state index < -0.39 is 29.3 Å². The van der Waals surface area contributed by atoms with E-state index in [1.54, 1.807) is 47.0 Å². The van der Waals surface area contributed by atoms with Crippen LogP contribution in [-0.4, -0.2) is 37.8 Å². The van der Waals surface area contributed by atoms with E-state index in [1.165, 1.54) is 24.3 Å². The number of fused-ring (bicyclic) bond motifs is 1. The minimum Gasteiger partial charge on any atom is -0.481 e. The summed E-state index contributed by atoms with van der Waals surface area (Å²) in [5.41, 5.74) is 2.50. The van der Waals surface area contributed by atoms with Gasteiger partial charge in [0.15, 0.2) is 5.65 Å². The third kappa shape index (κ3) is 6.02. The van der Waals surface area contributed by atoms with Crippen LogP contribution in [0.15, 0.2) is 66.9 Å². The van der Waals surface area contributed by atoms with Crippen LogP contribution in [0.1, 0.15) is 53.7 Å². The second-order valence-electron chi connectivity index (χ2n) is 8.87. The van der Waals surface area contributed by atoms with Gasteiger partial charge in [0.25, 0.3) is 11.6 Å². The van der Waals surface area contributed by atoms with Crippen LogP contribution in [0.2, 0.25) is 0 Å². The summed E-state index contributed by atoms with van der Waals surface area (Å²) >= 11 is 0. The molecule has 0 saturated carbocycles. The molecule has 1 unspecified atom stereocenters. The molecule has 0 aliphatic rings. The molecule has 11 nitrogen and oxygen atoms in total. The van der Waals surface area contributed by atoms with E-state index in [-0.39, 0.29) is 11.3 Å². The molecule has 1 atom stereocenters. The lowest BCUT2D eigenvalue weighted by molar-refractivity contribution is -0.384. The number of aliphatic carboxylic acids is 1. The van der Waals surface area contributed by atoms with Crippen molar-refractivity contribution in [3.8, 4) is 17.3 Å². The van der Waals surface area contributed by atoms with Gasteiger partial charge in [0, 0.05) is 30.4 Å². The van der Waals surface area contributed by atoms with E-state index in [1.807, 2.05) is 0 Å². The maximum Gasteiger partial charge on any atom is 0.305 e. The third-order valence-electron chi connectivity index (χ3n) is 6.17. The lowest BCUT2D eigenvalue weighted by Crippen LogP contribution is -2.30. The van der Waals surface area contributed by atoms with Gasteiger partial charge in [-0.3, -0.25) is 24.1 Å². The molecule has 4 aromatic rings. The number of carbonyl (C=O) groups is 2. The molecule has 0 fully saturated rings. The molecule has 0 spiro atoms. The summed E-state index contributed by atoms with van der Waals surface area (Å²) in [4.78, 5) is 40.5. The summed E-state index contributed by atoms with van der Waals surface area (Å²) in [6, 6.07) is 16.9. The number of nitrogens with one attached hydrogen (secondary N) is 2. The first-order chi connectivity index (χ1) is 18.8. The van der Waals surface area contributed by atoms with Gasteiger partial charge in [-0.25, -0.2) is 4.98 Å². The second kappa shape index (κ2) is 11.9. The third-order valence-corrected chi connectivity index (χ3v) is 6.17. The molecule has 2 heterocycles. The quantitative estimate of drug-likeness (QED) is 0.141. The maximum absolute atomic E-state index is 13.5. The number of nitrogens with zero attached hydrogens (tertiary/aromatic N) is 4. The van der Waals surface area contributed by atoms with Gasteiger partial charge in [0.2, 0.25) is 0 Å². The van der Waals surface area contributed by atoms with Crippen molar-refractivity contribution < 1.29 is 19.6 Å². The van der Waals surface area contributed by atoms with Gasteiger partial charge < -0.3 is 15.7 Å². The molecule has 11 heteroatoms. The van der Waals surface area contributed by atoms with Crippen LogP contribution in [0.5, 0.6) is 0 Å². The number of pyridine rings is 1. The predicted octanol–water partition coefficient (Wildman–Crippen LogP) is 4.94. The average Bonchev–Trinajstić information content (AvgIpc) is 3.31. The molecule has 0 bridgehead atoms. The van der Waals surface area contributed by atoms with Crippen molar-refractivity contribution in [1.29, 1.82) is 5.26 Å². The zero-order valence-electron chi connectivity index (χ0n) is 21.1. The van der Waals surface area contributed by atoms with E-state index in [2.05, 4.69) is 23.6 Å². The molecule has 198 valence electrons. The minimum atomic E-state index is -1.17. The lowest BCUT2D eigenvalue weighted by atomic mass is 10.0. The van der Waals surface area contributed by atoms with Crippen LogP contribution < -0.4 is 10.6 Å². The summed E-state index contributed by atoms with van der Waals surface area (Å²) in [6.45, 7) is 2.76. The normalized spacial score (nSPS) is 11.5. The summed E-state index contributed by atoms with van der Waals surface area (Å²) in [5.74, 6) is -1.07. The van der Waals surface area contributed by atoms with Crippen molar-refractivity contribution in [2.75, 3.05) is 11.9 Å². The monoisotopic (exact) mass is 526 g/mol. The largest absolute Gasteiger partial charge is 0.481 e. The number of nitro benzene ring substituents is 1. The number of aromatic nitrogens is 2. The predicted molar refractivity (Wildman–Crippen MR) is 144 cm³/mol. The zero-order valence-corrected chi connectivity index (χ0v) is 21.1. The number of hydrogen-bond acceptors (Lipinski definition) is 7. The van der Waals surface area contributed by atoms with Gasteiger partial charge in [-0.2, -0.15) is 5.26 Å². The van der Waals surface area contributed by atoms with Gasteiger partial charge in [0.05, 0.1) is 34.6 Å². The fraction of sp³-hybridized carbons (Fsp3) is 0.214. The average molecular weight is 527 g/mol. The smallest absolute Gasteiger partial charge is 0.305 e. The Bertz CT molecular complexity index is 1570. The van der Waals surface area contributed by atoms with Gasteiger partial charge in [-0.1, -0.05) is 37.6 Å². The summed E-state index contributed by atoms with van der Waals surface area (Å²) in [7, 11) is 0. The summed E-state index contributed by atoms with van der Waals surface area (Å²) in [6.07, 6.45) is 3.20. The number of rotatable bonds is 11. The van der Waals surface area contributed by atoms with Crippen molar-refractivity contribution in [3.63, 3.8) is 0 Å². The highest BCUT2D eigenvalue weighted by Gasteiger charge is 2.24. The number of carboxylic acids is 1. The zero-order chi connectivity index (χ0) is 27.9. The molecule has 39 heavy (non-hydrogen) atoms. The van der Waals surface area contributed by atoms with Gasteiger partial charge in [-0.15, -0.1) is 0 Å². The lowest BCUT2D eigenvalue weighted by Gasteiger charge is -2.17. The Morgan fingerprint density at radius 2 is 1.95 bits per heavy atom. The van der Waals surface area contributed by atoms with Gasteiger partial charge in [-0.05, 0) is 36.2 Å². The summed E-state index contributed by atoms with van der Waals surface area (Å²) < 4.78 is 1.76. The Morgan fingerprint density at radius 1 is 1.18 bits per heavy atom. The Balaban J connectivity index is 1.75. The molecule has 2 aromatic carbocycles. The van der Waals surface area contributed by atoms with Crippen molar-refractivity contribution >= 4 is 29.0 Å². The minimum absolute atomic E-state index is 0.205. The van der Waals surface area contributed by atoms with E-state index >= 15 is 0 Å². The maximum atomic E-state index is 13.5. The number of imidazole rings is 1. The van der Waals surface area contributed by atoms with E-state index in [9.17, 15) is 24.8 Å². The molecule has 0 radical (unpaired) electrons. The van der Waals surface area contributed by atoms with Crippen LogP contribution in [0, 0.1) is 21.4 Å². The Morgan fingerprint density at radius 3 is 2.62 bits per heavy atom. The number of carboxylic acid groups (broad SMARTS) is 1. The Kier molecular flexibility index (Phi) is 8.16. The first-order valence-corrected chi connectivity index (χ1v) is 12.3. The van der Waals surface area contributed by atoms with Gasteiger partial charge >= 0.3 is 5.97 Å².